The molecule has 1 aliphatic heterocycles. The van der Waals surface area contributed by atoms with Gasteiger partial charge in [0.1, 0.15) is 24.9 Å². The Labute approximate surface area is 140 Å². The van der Waals surface area contributed by atoms with Gasteiger partial charge >= 0.3 is 0 Å². The Kier molecular flexibility index (Phi) is 6.27. The van der Waals surface area contributed by atoms with E-state index in [1.165, 1.54) is 14.0 Å². The second-order valence-electron chi connectivity index (χ2n) is 5.63. The van der Waals surface area contributed by atoms with Crippen molar-refractivity contribution in [1.29, 1.82) is 0 Å². The van der Waals surface area contributed by atoms with Crippen LogP contribution in [0.2, 0.25) is 0 Å². The molecule has 24 heavy (non-hydrogen) atoms. The molecule has 0 spiro atoms. The lowest BCUT2D eigenvalue weighted by Crippen LogP contribution is -2.70. The van der Waals surface area contributed by atoms with Gasteiger partial charge in [-0.25, -0.2) is 0 Å². The number of aliphatic hydroxyl groups excluding tert-OH is 3. The second kappa shape index (κ2) is 8.02. The highest BCUT2D eigenvalue weighted by Gasteiger charge is 2.55. The van der Waals surface area contributed by atoms with Crippen molar-refractivity contribution in [2.24, 2.45) is 0 Å². The van der Waals surface area contributed by atoms with Crippen molar-refractivity contribution in [3.05, 3.63) is 35.9 Å². The van der Waals surface area contributed by atoms with E-state index in [2.05, 4.69) is 5.32 Å². The number of carbonyl (C=O) groups excluding carboxylic acids is 1. The number of aliphatic hydroxyl groups is 3. The third-order valence-electron chi connectivity index (χ3n) is 3.90. The molecule has 2 rings (SSSR count). The van der Waals surface area contributed by atoms with E-state index in [0.29, 0.717) is 0 Å². The van der Waals surface area contributed by atoms with Crippen LogP contribution in [-0.4, -0.2) is 65.3 Å². The third kappa shape index (κ3) is 3.92. The Bertz CT molecular complexity index is 538. The van der Waals surface area contributed by atoms with Gasteiger partial charge < -0.3 is 34.8 Å². The van der Waals surface area contributed by atoms with Crippen LogP contribution in [0, 0.1) is 0 Å². The van der Waals surface area contributed by atoms with Gasteiger partial charge in [0.05, 0.1) is 6.61 Å². The molecule has 1 aliphatic rings. The van der Waals surface area contributed by atoms with E-state index in [0.717, 1.165) is 5.56 Å². The number of ether oxygens (including phenoxy) is 3. The first-order chi connectivity index (χ1) is 11.4. The average Bonchev–Trinajstić information content (AvgIpc) is 2.59. The minimum atomic E-state index is -1.87. The molecule has 1 aromatic carbocycles. The highest BCUT2D eigenvalue weighted by Crippen LogP contribution is 2.32. The monoisotopic (exact) mass is 341 g/mol. The first-order valence-electron chi connectivity index (χ1n) is 7.56. The summed E-state index contributed by atoms with van der Waals surface area (Å²) >= 11 is 0. The number of methoxy groups -OCH3 is 1. The lowest BCUT2D eigenvalue weighted by atomic mass is 9.94. The maximum atomic E-state index is 11.3. The molecule has 0 aromatic heterocycles. The van der Waals surface area contributed by atoms with Crippen molar-refractivity contribution < 1.29 is 34.3 Å². The predicted octanol–water partition coefficient (Wildman–Crippen LogP) is -0.879. The van der Waals surface area contributed by atoms with Crippen molar-refractivity contribution in [1.82, 2.24) is 5.32 Å². The molecular formula is C16H23NO7. The molecule has 1 heterocycles. The second-order valence-corrected chi connectivity index (χ2v) is 5.63. The number of carbonyl (C=O) groups is 1. The van der Waals surface area contributed by atoms with E-state index in [1.807, 2.05) is 30.3 Å². The molecule has 0 radical (unpaired) electrons. The van der Waals surface area contributed by atoms with Gasteiger partial charge in [0.2, 0.25) is 11.7 Å². The summed E-state index contributed by atoms with van der Waals surface area (Å²) in [5.41, 5.74) is 0.800. The molecule has 8 heteroatoms. The van der Waals surface area contributed by atoms with Crippen molar-refractivity contribution in [3.63, 3.8) is 0 Å². The van der Waals surface area contributed by atoms with Gasteiger partial charge in [-0.05, 0) is 5.56 Å². The number of hydrogen-bond donors (Lipinski definition) is 4. The minimum absolute atomic E-state index is 0.0480. The molecule has 134 valence electrons. The smallest absolute Gasteiger partial charge is 0.223 e. The fourth-order valence-electron chi connectivity index (χ4n) is 2.62. The van der Waals surface area contributed by atoms with E-state index in [9.17, 15) is 20.1 Å². The normalized spacial score (nSPS) is 33.2. The van der Waals surface area contributed by atoms with Crippen LogP contribution in [0.25, 0.3) is 0 Å². The Morgan fingerprint density at radius 1 is 1.33 bits per heavy atom. The molecule has 4 N–H and O–H groups in total. The van der Waals surface area contributed by atoms with E-state index in [1.54, 1.807) is 0 Å². The average molecular weight is 341 g/mol. The summed E-state index contributed by atoms with van der Waals surface area (Å²) in [6.07, 6.45) is -4.14. The number of benzene rings is 1. The summed E-state index contributed by atoms with van der Waals surface area (Å²) in [7, 11) is 1.32. The molecule has 8 nitrogen and oxygen atoms in total. The van der Waals surface area contributed by atoms with Crippen LogP contribution in [0.4, 0.5) is 0 Å². The molecule has 0 saturated carbocycles. The first-order valence-corrected chi connectivity index (χ1v) is 7.56. The summed E-state index contributed by atoms with van der Waals surface area (Å²) in [6, 6.07) is 8.11. The van der Waals surface area contributed by atoms with Crippen molar-refractivity contribution >= 4 is 5.91 Å². The van der Waals surface area contributed by atoms with Crippen molar-refractivity contribution in [2.75, 3.05) is 13.7 Å². The van der Waals surface area contributed by atoms with Gasteiger partial charge in [-0.2, -0.15) is 0 Å². The van der Waals surface area contributed by atoms with Crippen LogP contribution in [0.3, 0.4) is 0 Å². The van der Waals surface area contributed by atoms with Crippen LogP contribution in [0.5, 0.6) is 0 Å². The van der Waals surface area contributed by atoms with E-state index in [-0.39, 0.29) is 6.61 Å². The van der Waals surface area contributed by atoms with E-state index >= 15 is 0 Å². The third-order valence-corrected chi connectivity index (χ3v) is 3.90. The van der Waals surface area contributed by atoms with Crippen LogP contribution in [0.15, 0.2) is 30.3 Å². The van der Waals surface area contributed by atoms with Crippen LogP contribution < -0.4 is 5.32 Å². The zero-order valence-corrected chi connectivity index (χ0v) is 13.6. The van der Waals surface area contributed by atoms with Gasteiger partial charge in [-0.3, -0.25) is 4.79 Å². The van der Waals surface area contributed by atoms with Gasteiger partial charge in [-0.15, -0.1) is 0 Å². The molecule has 1 fully saturated rings. The minimum Gasteiger partial charge on any atom is -0.391 e. The van der Waals surface area contributed by atoms with Gasteiger partial charge in [-0.1, -0.05) is 30.3 Å². The standard InChI is InChI=1S/C16H23NO7/c1-10(19)17-12-13(20)14(21)16(9-18,24-15(12)22-2)23-8-11-6-4-3-5-7-11/h3-7,12-15,18,20-21H,8-9H2,1-2H3,(H,17,19)/t12-,13-,14+,15-,16?/m1/s1. The highest BCUT2D eigenvalue weighted by atomic mass is 16.8. The van der Waals surface area contributed by atoms with Crippen molar-refractivity contribution in [2.45, 2.75) is 43.9 Å². The predicted molar refractivity (Wildman–Crippen MR) is 82.5 cm³/mol. The molecule has 1 saturated heterocycles. The summed E-state index contributed by atoms with van der Waals surface area (Å²) in [5.74, 6) is -2.29. The molecular weight excluding hydrogens is 318 g/mol. The van der Waals surface area contributed by atoms with E-state index in [4.69, 9.17) is 14.2 Å². The number of nitrogens with one attached hydrogen (secondary N) is 1. The van der Waals surface area contributed by atoms with Crippen LogP contribution in [0.1, 0.15) is 12.5 Å². The van der Waals surface area contributed by atoms with Crippen LogP contribution in [-0.2, 0) is 25.6 Å². The number of rotatable bonds is 6. The number of hydrogen-bond acceptors (Lipinski definition) is 7. The zero-order chi connectivity index (χ0) is 17.7. The maximum Gasteiger partial charge on any atom is 0.223 e. The molecule has 1 amide bonds. The Morgan fingerprint density at radius 3 is 2.54 bits per heavy atom. The maximum absolute atomic E-state index is 11.3. The Balaban J connectivity index is 2.18. The Hall–Kier alpha value is -1.55. The fourth-order valence-corrected chi connectivity index (χ4v) is 2.62. The summed E-state index contributed by atoms with van der Waals surface area (Å²) < 4.78 is 16.3. The molecule has 5 atom stereocenters. The largest absolute Gasteiger partial charge is 0.391 e. The summed E-state index contributed by atoms with van der Waals surface area (Å²) in [6.45, 7) is 0.614. The lowest BCUT2D eigenvalue weighted by Gasteiger charge is -2.48. The van der Waals surface area contributed by atoms with Gasteiger partial charge in [0, 0.05) is 14.0 Å². The highest BCUT2D eigenvalue weighted by molar-refractivity contribution is 5.73. The fraction of sp³-hybridized carbons (Fsp3) is 0.562. The van der Waals surface area contributed by atoms with Crippen LogP contribution >= 0.6 is 0 Å². The van der Waals surface area contributed by atoms with Gasteiger partial charge in [0.25, 0.3) is 0 Å². The summed E-state index contributed by atoms with van der Waals surface area (Å²) in [4.78, 5) is 11.3. The zero-order valence-electron chi connectivity index (χ0n) is 13.6. The Morgan fingerprint density at radius 2 is 2.00 bits per heavy atom. The molecule has 1 aromatic rings. The topological polar surface area (TPSA) is 117 Å². The lowest BCUT2D eigenvalue weighted by molar-refractivity contribution is -0.393. The van der Waals surface area contributed by atoms with Crippen molar-refractivity contribution in [3.8, 4) is 0 Å². The SMILES string of the molecule is CO[C@@H]1OC(CO)(OCc2ccccc2)[C@@H](O)[C@H](O)[C@H]1NC(C)=O. The van der Waals surface area contributed by atoms with E-state index < -0.39 is 42.8 Å². The first kappa shape index (κ1) is 18.8. The summed E-state index contributed by atoms with van der Waals surface area (Å²) in [5, 5.41) is 32.9. The quantitative estimate of drug-likeness (QED) is 0.531. The number of amides is 1. The molecule has 1 unspecified atom stereocenters. The molecule has 0 aliphatic carbocycles. The molecule has 0 bridgehead atoms. The van der Waals surface area contributed by atoms with Gasteiger partial charge in [0.15, 0.2) is 6.29 Å².